The number of likely N-dealkylation sites (tertiary alicyclic amines) is 1. The summed E-state index contributed by atoms with van der Waals surface area (Å²) < 4.78 is 14.9. The summed E-state index contributed by atoms with van der Waals surface area (Å²) in [5, 5.41) is 18.5. The molecule has 2 amide bonds. The number of rotatable bonds is 5. The molecule has 0 bridgehead atoms. The lowest BCUT2D eigenvalue weighted by molar-refractivity contribution is 0.125. The number of aromatic nitrogens is 1. The van der Waals surface area contributed by atoms with Crippen molar-refractivity contribution in [1.82, 2.24) is 15.2 Å². The summed E-state index contributed by atoms with van der Waals surface area (Å²) in [6.45, 7) is 10.3. The molecule has 4 heterocycles. The van der Waals surface area contributed by atoms with Crippen LogP contribution in [0.15, 0.2) is 71.5 Å². The standard InChI is InChI=1S/C35H36ClFN6O2S/c1-34(2,3)19-42-16-14-35(15-17-42)20-43(25-7-5-4-6-23(25)39-33(45)41-29-13-12-28(36)40-29)31-26(44)11-9-22(30(31)35)32-38-24-10-8-21(37)18-27(24)46-32/h4-11,13,18,44H,12,14-17,19-20H2,1-3H3,(H2,39,41,45). The molecule has 1 fully saturated rings. The highest BCUT2D eigenvalue weighted by Crippen LogP contribution is 2.57. The van der Waals surface area contributed by atoms with Crippen LogP contribution in [0.25, 0.3) is 20.8 Å². The predicted molar refractivity (Wildman–Crippen MR) is 185 cm³/mol. The van der Waals surface area contributed by atoms with Crippen molar-refractivity contribution >= 4 is 61.4 Å². The van der Waals surface area contributed by atoms with Crippen LogP contribution >= 0.6 is 22.9 Å². The molecular weight excluding hydrogens is 623 g/mol. The third-order valence-electron chi connectivity index (χ3n) is 8.90. The summed E-state index contributed by atoms with van der Waals surface area (Å²) >= 11 is 7.46. The Kier molecular flexibility index (Phi) is 7.77. The minimum absolute atomic E-state index is 0.166. The van der Waals surface area contributed by atoms with Gasteiger partial charge in [0.2, 0.25) is 0 Å². The number of nitrogens with zero attached hydrogens (tertiary/aromatic N) is 4. The number of fused-ring (bicyclic) bond motifs is 3. The highest BCUT2D eigenvalue weighted by molar-refractivity contribution is 7.21. The van der Waals surface area contributed by atoms with Gasteiger partial charge in [0.25, 0.3) is 0 Å². The number of piperidine rings is 1. The number of amides is 2. The van der Waals surface area contributed by atoms with E-state index in [9.17, 15) is 14.3 Å². The molecule has 0 atom stereocenters. The Bertz CT molecular complexity index is 1910. The van der Waals surface area contributed by atoms with Crippen LogP contribution in [-0.4, -0.2) is 52.4 Å². The minimum atomic E-state index is -0.432. The Balaban J connectivity index is 1.31. The van der Waals surface area contributed by atoms with Gasteiger partial charge in [0.15, 0.2) is 0 Å². The van der Waals surface area contributed by atoms with E-state index in [-0.39, 0.29) is 22.4 Å². The van der Waals surface area contributed by atoms with Crippen molar-refractivity contribution in [2.24, 2.45) is 10.4 Å². The number of urea groups is 1. The smallest absolute Gasteiger partial charge is 0.324 e. The molecule has 0 radical (unpaired) electrons. The van der Waals surface area contributed by atoms with Gasteiger partial charge in [0.1, 0.15) is 27.6 Å². The van der Waals surface area contributed by atoms with Crippen LogP contribution in [0.4, 0.5) is 26.2 Å². The van der Waals surface area contributed by atoms with Crippen molar-refractivity contribution in [3.8, 4) is 16.3 Å². The zero-order chi connectivity index (χ0) is 32.2. The van der Waals surface area contributed by atoms with Gasteiger partial charge in [-0.3, -0.25) is 5.32 Å². The highest BCUT2D eigenvalue weighted by Gasteiger charge is 2.48. The van der Waals surface area contributed by atoms with Gasteiger partial charge in [-0.15, -0.1) is 11.3 Å². The first kappa shape index (κ1) is 30.7. The number of phenols is 1. The fraction of sp³-hybridized carbons (Fsp3) is 0.343. The lowest BCUT2D eigenvalue weighted by Crippen LogP contribution is -2.47. The van der Waals surface area contributed by atoms with Crippen LogP contribution in [0.2, 0.25) is 0 Å². The van der Waals surface area contributed by atoms with E-state index in [1.807, 2.05) is 30.3 Å². The van der Waals surface area contributed by atoms with Crippen LogP contribution in [-0.2, 0) is 5.41 Å². The fourth-order valence-electron chi connectivity index (χ4n) is 7.03. The summed E-state index contributed by atoms with van der Waals surface area (Å²) in [5.74, 6) is 0.282. The number of halogens is 2. The molecule has 8 nitrogen and oxygen atoms in total. The van der Waals surface area contributed by atoms with Crippen molar-refractivity contribution in [1.29, 1.82) is 0 Å². The van der Waals surface area contributed by atoms with Gasteiger partial charge in [-0.05, 0) is 85.5 Å². The topological polar surface area (TPSA) is 93.1 Å². The number of phenolic OH excluding ortho intramolecular Hbond substituents is 1. The number of carbonyl (C=O) groups excluding carboxylic acids is 1. The molecule has 3 aromatic carbocycles. The van der Waals surface area contributed by atoms with Gasteiger partial charge >= 0.3 is 6.03 Å². The summed E-state index contributed by atoms with van der Waals surface area (Å²) in [6, 6.07) is 15.5. The predicted octanol–water partition coefficient (Wildman–Crippen LogP) is 8.34. The van der Waals surface area contributed by atoms with Crippen molar-refractivity contribution in [2.75, 3.05) is 36.4 Å². The third-order valence-corrected chi connectivity index (χ3v) is 10.2. The van der Waals surface area contributed by atoms with Gasteiger partial charge in [-0.1, -0.05) is 44.5 Å². The highest BCUT2D eigenvalue weighted by atomic mass is 35.5. The Morgan fingerprint density at radius 1 is 1.11 bits per heavy atom. The molecule has 1 spiro atoms. The van der Waals surface area contributed by atoms with Crippen molar-refractivity contribution < 1.29 is 14.3 Å². The lowest BCUT2D eigenvalue weighted by atomic mass is 9.72. The van der Waals surface area contributed by atoms with E-state index < -0.39 is 6.03 Å². The van der Waals surface area contributed by atoms with Crippen LogP contribution in [0, 0.1) is 11.2 Å². The summed E-state index contributed by atoms with van der Waals surface area (Å²) in [4.78, 5) is 26.8. The number of allylic oxidation sites excluding steroid dienone is 1. The number of nitrogens with one attached hydrogen (secondary N) is 2. The van der Waals surface area contributed by atoms with Gasteiger partial charge in [0.05, 0.1) is 27.3 Å². The Morgan fingerprint density at radius 3 is 2.63 bits per heavy atom. The first-order valence-electron chi connectivity index (χ1n) is 15.5. The van der Waals surface area contributed by atoms with Crippen LogP contribution in [0.5, 0.6) is 5.75 Å². The van der Waals surface area contributed by atoms with E-state index in [0.29, 0.717) is 29.6 Å². The third kappa shape index (κ3) is 5.85. The first-order valence-corrected chi connectivity index (χ1v) is 16.7. The number of aliphatic imine (C=N–C) groups is 1. The van der Waals surface area contributed by atoms with E-state index in [0.717, 1.165) is 70.2 Å². The van der Waals surface area contributed by atoms with Crippen LogP contribution in [0.3, 0.4) is 0 Å². The normalized spacial score (nSPS) is 17.7. The van der Waals surface area contributed by atoms with Gasteiger partial charge in [-0.25, -0.2) is 19.2 Å². The summed E-state index contributed by atoms with van der Waals surface area (Å²) in [5.41, 5.74) is 4.74. The first-order chi connectivity index (χ1) is 22.0. The number of benzene rings is 3. The molecule has 46 heavy (non-hydrogen) atoms. The molecule has 0 aliphatic carbocycles. The maximum absolute atomic E-state index is 14.1. The lowest BCUT2D eigenvalue weighted by Gasteiger charge is -2.42. The number of aromatic hydroxyl groups is 1. The summed E-state index contributed by atoms with van der Waals surface area (Å²) in [7, 11) is 0. The number of hydrogen-bond acceptors (Lipinski definition) is 7. The average molecular weight is 659 g/mol. The zero-order valence-electron chi connectivity index (χ0n) is 26.0. The van der Waals surface area contributed by atoms with E-state index in [1.54, 1.807) is 18.2 Å². The second-order valence-electron chi connectivity index (χ2n) is 13.6. The number of thiazole rings is 1. The molecule has 1 saturated heterocycles. The molecule has 3 aliphatic heterocycles. The number of carbonyl (C=O) groups is 1. The van der Waals surface area contributed by atoms with E-state index in [2.05, 4.69) is 46.2 Å². The number of para-hydroxylation sites is 2. The monoisotopic (exact) mass is 658 g/mol. The van der Waals surface area contributed by atoms with E-state index >= 15 is 0 Å². The van der Waals surface area contributed by atoms with Gasteiger partial charge in [-0.2, -0.15) is 0 Å². The van der Waals surface area contributed by atoms with Crippen LogP contribution < -0.4 is 15.5 Å². The number of anilines is 3. The molecular formula is C35H36ClFN6O2S. The van der Waals surface area contributed by atoms with Gasteiger partial charge < -0.3 is 20.2 Å². The molecule has 7 rings (SSSR count). The number of hydrogen-bond donors (Lipinski definition) is 3. The molecule has 0 saturated carbocycles. The molecule has 3 aliphatic rings. The Hall–Kier alpha value is -3.99. The molecule has 1 aromatic heterocycles. The van der Waals surface area contributed by atoms with E-state index in [1.165, 1.54) is 23.5 Å². The minimum Gasteiger partial charge on any atom is -0.506 e. The Labute approximate surface area is 276 Å². The van der Waals surface area contributed by atoms with Gasteiger partial charge in [0, 0.05) is 30.5 Å². The Morgan fingerprint density at radius 2 is 1.89 bits per heavy atom. The second-order valence-corrected chi connectivity index (χ2v) is 15.0. The van der Waals surface area contributed by atoms with E-state index in [4.69, 9.17) is 16.6 Å². The zero-order valence-corrected chi connectivity index (χ0v) is 27.6. The summed E-state index contributed by atoms with van der Waals surface area (Å²) in [6.07, 6.45) is 4.03. The fourth-order valence-corrected chi connectivity index (χ4v) is 8.22. The van der Waals surface area contributed by atoms with Crippen LogP contribution in [0.1, 0.15) is 45.6 Å². The second kappa shape index (κ2) is 11.7. The quantitative estimate of drug-likeness (QED) is 0.200. The molecule has 0 unspecified atom stereocenters. The van der Waals surface area contributed by atoms with Crippen molar-refractivity contribution in [3.05, 3.63) is 77.9 Å². The van der Waals surface area contributed by atoms with Crippen molar-refractivity contribution in [3.63, 3.8) is 0 Å². The molecule has 4 aromatic rings. The molecule has 3 N–H and O–H groups in total. The molecule has 238 valence electrons. The maximum atomic E-state index is 14.1. The molecule has 11 heteroatoms. The van der Waals surface area contributed by atoms with Crippen molar-refractivity contribution in [2.45, 2.75) is 45.4 Å². The largest absolute Gasteiger partial charge is 0.506 e. The maximum Gasteiger partial charge on any atom is 0.324 e. The SMILES string of the molecule is CC(C)(C)CN1CCC2(CC1)CN(c1ccccc1NC(=O)NC1=CCC(Cl)=N1)c1c(O)ccc(-c3nc4ccc(F)cc4s3)c12. The average Bonchev–Trinajstić information content (AvgIpc) is 3.70.